The Morgan fingerprint density at radius 3 is 3.00 bits per heavy atom. The van der Waals surface area contributed by atoms with Crippen molar-refractivity contribution in [1.82, 2.24) is 0 Å². The smallest absolute Gasteiger partial charge is 0.162 e. The highest BCUT2D eigenvalue weighted by molar-refractivity contribution is 9.10. The first-order valence-corrected chi connectivity index (χ1v) is 5.96. The molecule has 84 valence electrons. The zero-order valence-electron chi connectivity index (χ0n) is 8.73. The lowest BCUT2D eigenvalue weighted by atomic mass is 10.1. The molecule has 1 heterocycles. The molecule has 0 spiro atoms. The van der Waals surface area contributed by atoms with Crippen LogP contribution in [-0.4, -0.2) is 19.0 Å². The SMILES string of the molecule is N#CCC1COC(Cc2ccccc2Br)O1. The van der Waals surface area contributed by atoms with Crippen LogP contribution in [0.1, 0.15) is 12.0 Å². The summed E-state index contributed by atoms with van der Waals surface area (Å²) in [7, 11) is 0. The largest absolute Gasteiger partial charge is 0.350 e. The average Bonchev–Trinajstić information content (AvgIpc) is 2.70. The summed E-state index contributed by atoms with van der Waals surface area (Å²) in [5.74, 6) is 0. The summed E-state index contributed by atoms with van der Waals surface area (Å²) in [4.78, 5) is 0. The van der Waals surface area contributed by atoms with Gasteiger partial charge >= 0.3 is 0 Å². The van der Waals surface area contributed by atoms with Crippen LogP contribution in [0.3, 0.4) is 0 Å². The minimum absolute atomic E-state index is 0.0718. The summed E-state index contributed by atoms with van der Waals surface area (Å²) in [6, 6.07) is 10.1. The maximum absolute atomic E-state index is 8.55. The number of halogens is 1. The highest BCUT2D eigenvalue weighted by Gasteiger charge is 2.26. The minimum atomic E-state index is -0.225. The molecule has 1 aromatic carbocycles. The molecule has 2 unspecified atom stereocenters. The second-order valence-electron chi connectivity index (χ2n) is 3.68. The topological polar surface area (TPSA) is 42.2 Å². The van der Waals surface area contributed by atoms with Crippen molar-refractivity contribution < 1.29 is 9.47 Å². The number of hydrogen-bond donors (Lipinski definition) is 0. The molecule has 0 bridgehead atoms. The third kappa shape index (κ3) is 2.82. The van der Waals surface area contributed by atoms with E-state index in [9.17, 15) is 0 Å². The normalized spacial score (nSPS) is 24.2. The molecule has 0 saturated carbocycles. The molecule has 0 N–H and O–H groups in total. The van der Waals surface area contributed by atoms with Gasteiger partial charge in [-0.2, -0.15) is 5.26 Å². The first-order valence-electron chi connectivity index (χ1n) is 5.17. The third-order valence-electron chi connectivity index (χ3n) is 2.48. The Bertz CT molecular complexity index is 402. The number of rotatable bonds is 3. The molecule has 1 saturated heterocycles. The van der Waals surface area contributed by atoms with E-state index in [-0.39, 0.29) is 12.4 Å². The Morgan fingerprint density at radius 1 is 1.44 bits per heavy atom. The van der Waals surface area contributed by atoms with Crippen LogP contribution in [0.25, 0.3) is 0 Å². The predicted octanol–water partition coefficient (Wildman–Crippen LogP) is 2.65. The first kappa shape index (κ1) is 11.6. The summed E-state index contributed by atoms with van der Waals surface area (Å²) >= 11 is 3.49. The molecule has 0 radical (unpaired) electrons. The second-order valence-corrected chi connectivity index (χ2v) is 4.53. The van der Waals surface area contributed by atoms with E-state index < -0.39 is 0 Å². The molecule has 0 aliphatic carbocycles. The molecule has 0 amide bonds. The van der Waals surface area contributed by atoms with Crippen LogP contribution in [0.2, 0.25) is 0 Å². The summed E-state index contributed by atoms with van der Waals surface area (Å²) in [6.45, 7) is 0.517. The van der Waals surface area contributed by atoms with Gasteiger partial charge in [-0.1, -0.05) is 34.1 Å². The average molecular weight is 282 g/mol. The van der Waals surface area contributed by atoms with Crippen molar-refractivity contribution in [2.75, 3.05) is 6.61 Å². The van der Waals surface area contributed by atoms with Gasteiger partial charge in [0.15, 0.2) is 6.29 Å². The molecule has 3 nitrogen and oxygen atoms in total. The van der Waals surface area contributed by atoms with Gasteiger partial charge in [0.05, 0.1) is 25.2 Å². The van der Waals surface area contributed by atoms with E-state index in [1.165, 1.54) is 0 Å². The van der Waals surface area contributed by atoms with Crippen molar-refractivity contribution in [1.29, 1.82) is 5.26 Å². The first-order chi connectivity index (χ1) is 7.79. The van der Waals surface area contributed by atoms with Gasteiger partial charge in [0.1, 0.15) is 0 Å². The molecule has 1 fully saturated rings. The van der Waals surface area contributed by atoms with Gasteiger partial charge in [-0.25, -0.2) is 0 Å². The Balaban J connectivity index is 1.93. The maximum Gasteiger partial charge on any atom is 0.162 e. The highest BCUT2D eigenvalue weighted by atomic mass is 79.9. The molecule has 4 heteroatoms. The van der Waals surface area contributed by atoms with E-state index in [1.807, 2.05) is 24.3 Å². The Kier molecular flexibility index (Phi) is 3.94. The number of ether oxygens (including phenoxy) is 2. The molecular weight excluding hydrogens is 270 g/mol. The van der Waals surface area contributed by atoms with Crippen molar-refractivity contribution in [3.63, 3.8) is 0 Å². The fourth-order valence-corrected chi connectivity index (χ4v) is 2.11. The van der Waals surface area contributed by atoms with Gasteiger partial charge in [0, 0.05) is 10.9 Å². The summed E-state index contributed by atoms with van der Waals surface area (Å²) in [5, 5.41) is 8.55. The summed E-state index contributed by atoms with van der Waals surface area (Å²) < 4.78 is 12.1. The van der Waals surface area contributed by atoms with Crippen LogP contribution >= 0.6 is 15.9 Å². The molecule has 1 aliphatic heterocycles. The zero-order valence-corrected chi connectivity index (χ0v) is 10.3. The quantitative estimate of drug-likeness (QED) is 0.856. The monoisotopic (exact) mass is 281 g/mol. The van der Waals surface area contributed by atoms with Gasteiger partial charge in [-0.15, -0.1) is 0 Å². The van der Waals surface area contributed by atoms with Crippen LogP contribution in [0.4, 0.5) is 0 Å². The van der Waals surface area contributed by atoms with E-state index in [2.05, 4.69) is 22.0 Å². The van der Waals surface area contributed by atoms with Crippen LogP contribution in [0.5, 0.6) is 0 Å². The lowest BCUT2D eigenvalue weighted by Gasteiger charge is -2.11. The Hall–Kier alpha value is -0.890. The number of hydrogen-bond acceptors (Lipinski definition) is 3. The van der Waals surface area contributed by atoms with E-state index in [4.69, 9.17) is 14.7 Å². The van der Waals surface area contributed by atoms with Gasteiger partial charge in [0.2, 0.25) is 0 Å². The second kappa shape index (κ2) is 5.44. The van der Waals surface area contributed by atoms with E-state index in [1.54, 1.807) is 0 Å². The lowest BCUT2D eigenvalue weighted by Crippen LogP contribution is -2.14. The molecule has 16 heavy (non-hydrogen) atoms. The number of nitrogens with zero attached hydrogens (tertiary/aromatic N) is 1. The van der Waals surface area contributed by atoms with Crippen LogP contribution in [0, 0.1) is 11.3 Å². The standard InChI is InChI=1S/C12H12BrNO2/c13-11-4-2-1-3-9(11)7-12-15-8-10(16-12)5-6-14/h1-4,10,12H,5,7-8H2. The molecule has 1 aliphatic rings. The maximum atomic E-state index is 8.55. The fourth-order valence-electron chi connectivity index (χ4n) is 1.67. The Labute approximate surface area is 103 Å². The molecule has 1 aromatic rings. The lowest BCUT2D eigenvalue weighted by molar-refractivity contribution is -0.0549. The van der Waals surface area contributed by atoms with Crippen LogP contribution in [-0.2, 0) is 15.9 Å². The van der Waals surface area contributed by atoms with Crippen LogP contribution < -0.4 is 0 Å². The van der Waals surface area contributed by atoms with E-state index in [0.717, 1.165) is 10.0 Å². The number of nitriles is 1. The van der Waals surface area contributed by atoms with Crippen LogP contribution in [0.15, 0.2) is 28.7 Å². The minimum Gasteiger partial charge on any atom is -0.350 e. The highest BCUT2D eigenvalue weighted by Crippen LogP contribution is 2.22. The van der Waals surface area contributed by atoms with Crippen molar-refractivity contribution in [3.8, 4) is 6.07 Å². The van der Waals surface area contributed by atoms with Gasteiger partial charge in [-0.3, -0.25) is 0 Å². The summed E-state index contributed by atoms with van der Waals surface area (Å²) in [6.07, 6.45) is 0.810. The Morgan fingerprint density at radius 2 is 2.25 bits per heavy atom. The van der Waals surface area contributed by atoms with Gasteiger partial charge in [-0.05, 0) is 11.6 Å². The molecular formula is C12H12BrNO2. The fraction of sp³-hybridized carbons (Fsp3) is 0.417. The van der Waals surface area contributed by atoms with Crippen molar-refractivity contribution in [2.24, 2.45) is 0 Å². The van der Waals surface area contributed by atoms with E-state index in [0.29, 0.717) is 19.4 Å². The van der Waals surface area contributed by atoms with Gasteiger partial charge in [0.25, 0.3) is 0 Å². The molecule has 2 atom stereocenters. The number of benzene rings is 1. The van der Waals surface area contributed by atoms with E-state index >= 15 is 0 Å². The summed E-state index contributed by atoms with van der Waals surface area (Å²) in [5.41, 5.74) is 1.16. The molecule has 0 aromatic heterocycles. The van der Waals surface area contributed by atoms with Crippen molar-refractivity contribution in [2.45, 2.75) is 25.2 Å². The van der Waals surface area contributed by atoms with Gasteiger partial charge < -0.3 is 9.47 Å². The van der Waals surface area contributed by atoms with Crippen molar-refractivity contribution >= 4 is 15.9 Å². The zero-order chi connectivity index (χ0) is 11.4. The predicted molar refractivity (Wildman–Crippen MR) is 62.7 cm³/mol. The third-order valence-corrected chi connectivity index (χ3v) is 3.25. The van der Waals surface area contributed by atoms with Crippen molar-refractivity contribution in [3.05, 3.63) is 34.3 Å². The molecule has 2 rings (SSSR count).